The second-order valence-corrected chi connectivity index (χ2v) is 8.14. The van der Waals surface area contributed by atoms with Crippen molar-refractivity contribution in [2.75, 3.05) is 6.61 Å². The molecule has 1 aliphatic rings. The molecule has 142 valence electrons. The minimum atomic E-state index is -0.291. The zero-order chi connectivity index (χ0) is 18.1. The summed E-state index contributed by atoms with van der Waals surface area (Å²) in [6, 6.07) is 10.1. The summed E-state index contributed by atoms with van der Waals surface area (Å²) in [5, 5.41) is 10.6. The van der Waals surface area contributed by atoms with Crippen LogP contribution in [0.1, 0.15) is 65.2 Å². The van der Waals surface area contributed by atoms with Crippen molar-refractivity contribution in [1.82, 2.24) is 0 Å². The van der Waals surface area contributed by atoms with Gasteiger partial charge in [0.2, 0.25) is 0 Å². The van der Waals surface area contributed by atoms with Crippen LogP contribution in [0.15, 0.2) is 30.3 Å². The molecule has 0 radical (unpaired) electrons. The van der Waals surface area contributed by atoms with E-state index in [0.717, 1.165) is 25.0 Å². The average Bonchev–Trinajstić information content (AvgIpc) is 2.62. The molecule has 0 aromatic heterocycles. The smallest absolute Gasteiger partial charge is 0.119 e. The molecule has 25 heavy (non-hydrogen) atoms. The highest BCUT2D eigenvalue weighted by Gasteiger charge is 2.25. The Morgan fingerprint density at radius 2 is 1.76 bits per heavy atom. The Hall–Kier alpha value is -1.06. The molecule has 3 heteroatoms. The molecule has 3 atom stereocenters. The summed E-state index contributed by atoms with van der Waals surface area (Å²) < 4.78 is 5.84. The van der Waals surface area contributed by atoms with Gasteiger partial charge in [0.1, 0.15) is 5.75 Å². The monoisotopic (exact) mass is 347 g/mol. The number of aliphatic hydroxyl groups is 1. The van der Waals surface area contributed by atoms with Crippen molar-refractivity contribution in [2.45, 2.75) is 77.4 Å². The van der Waals surface area contributed by atoms with E-state index in [1.807, 2.05) is 30.3 Å². The Bertz CT molecular complexity index is 456. The first-order valence-electron chi connectivity index (χ1n) is 10.2. The molecule has 1 aromatic rings. The Morgan fingerprint density at radius 3 is 2.40 bits per heavy atom. The first-order chi connectivity index (χ1) is 12.1. The lowest BCUT2D eigenvalue weighted by Crippen LogP contribution is -2.36. The molecule has 0 heterocycles. The summed E-state index contributed by atoms with van der Waals surface area (Å²) in [4.78, 5) is 0. The zero-order valence-electron chi connectivity index (χ0n) is 16.1. The van der Waals surface area contributed by atoms with E-state index in [0.29, 0.717) is 24.4 Å². The first-order valence-corrected chi connectivity index (χ1v) is 10.2. The third-order valence-corrected chi connectivity index (χ3v) is 5.82. The van der Waals surface area contributed by atoms with Gasteiger partial charge in [0.05, 0.1) is 12.7 Å². The number of aliphatic hydroxyl groups excluding tert-OH is 1. The molecule has 0 aliphatic heterocycles. The van der Waals surface area contributed by atoms with Crippen LogP contribution in [0.25, 0.3) is 0 Å². The first kappa shape index (κ1) is 20.3. The Labute approximate surface area is 154 Å². The molecule has 0 amide bonds. The van der Waals surface area contributed by atoms with Crippen molar-refractivity contribution < 1.29 is 9.84 Å². The van der Waals surface area contributed by atoms with Gasteiger partial charge in [-0.2, -0.15) is 0 Å². The van der Waals surface area contributed by atoms with Gasteiger partial charge < -0.3 is 15.6 Å². The van der Waals surface area contributed by atoms with Gasteiger partial charge in [0.15, 0.2) is 0 Å². The summed E-state index contributed by atoms with van der Waals surface area (Å²) in [5.41, 5.74) is 6.39. The molecule has 0 spiro atoms. The molecule has 1 aromatic carbocycles. The summed E-state index contributed by atoms with van der Waals surface area (Å²) in [7, 11) is 0. The number of ether oxygens (including phenoxy) is 1. The quantitative estimate of drug-likeness (QED) is 0.640. The van der Waals surface area contributed by atoms with E-state index < -0.39 is 0 Å². The third kappa shape index (κ3) is 7.37. The summed E-state index contributed by atoms with van der Waals surface area (Å²) >= 11 is 0. The number of nitrogens with two attached hydrogens (primary N) is 1. The molecule has 1 aliphatic carbocycles. The largest absolute Gasteiger partial charge is 0.494 e. The van der Waals surface area contributed by atoms with Gasteiger partial charge in [-0.15, -0.1) is 0 Å². The minimum absolute atomic E-state index is 0.156. The number of benzene rings is 1. The SMILES string of the molecule is CC(C)C(CCOc1ccccc1)CC(O)CC(N)C1CCCCC1. The van der Waals surface area contributed by atoms with Gasteiger partial charge in [-0.1, -0.05) is 51.3 Å². The molecule has 0 bridgehead atoms. The van der Waals surface area contributed by atoms with Crippen LogP contribution in [-0.4, -0.2) is 23.9 Å². The standard InChI is InChI=1S/C22H37NO2/c1-17(2)19(13-14-25-21-11-7-4-8-12-21)15-20(24)16-22(23)18-9-5-3-6-10-18/h4,7-8,11-12,17-20,22,24H,3,5-6,9-10,13-16,23H2,1-2H3. The fourth-order valence-electron chi connectivity index (χ4n) is 4.08. The van der Waals surface area contributed by atoms with E-state index in [2.05, 4.69) is 13.8 Å². The Balaban J connectivity index is 1.73. The van der Waals surface area contributed by atoms with E-state index in [-0.39, 0.29) is 12.1 Å². The molecule has 2 rings (SSSR count). The number of rotatable bonds is 10. The van der Waals surface area contributed by atoms with E-state index in [1.165, 1.54) is 32.1 Å². The second kappa shape index (κ2) is 10.8. The van der Waals surface area contributed by atoms with Crippen molar-refractivity contribution in [3.05, 3.63) is 30.3 Å². The molecule has 1 saturated carbocycles. The maximum Gasteiger partial charge on any atom is 0.119 e. The maximum absolute atomic E-state index is 10.6. The van der Waals surface area contributed by atoms with Crippen LogP contribution >= 0.6 is 0 Å². The van der Waals surface area contributed by atoms with Crippen molar-refractivity contribution in [3.63, 3.8) is 0 Å². The van der Waals surface area contributed by atoms with Crippen LogP contribution in [-0.2, 0) is 0 Å². The minimum Gasteiger partial charge on any atom is -0.494 e. The highest BCUT2D eigenvalue weighted by molar-refractivity contribution is 5.20. The van der Waals surface area contributed by atoms with Crippen LogP contribution in [0.4, 0.5) is 0 Å². The van der Waals surface area contributed by atoms with E-state index in [4.69, 9.17) is 10.5 Å². The van der Waals surface area contributed by atoms with Crippen LogP contribution in [0.3, 0.4) is 0 Å². The number of para-hydroxylation sites is 1. The molecular weight excluding hydrogens is 310 g/mol. The van der Waals surface area contributed by atoms with Crippen LogP contribution in [0.2, 0.25) is 0 Å². The Kier molecular flexibility index (Phi) is 8.77. The summed E-state index contributed by atoms with van der Waals surface area (Å²) in [5.74, 6) is 2.55. The van der Waals surface area contributed by atoms with Gasteiger partial charge in [0.25, 0.3) is 0 Å². The molecule has 3 N–H and O–H groups in total. The van der Waals surface area contributed by atoms with Crippen molar-refractivity contribution in [1.29, 1.82) is 0 Å². The van der Waals surface area contributed by atoms with Crippen LogP contribution in [0.5, 0.6) is 5.75 Å². The van der Waals surface area contributed by atoms with Crippen molar-refractivity contribution in [3.8, 4) is 5.75 Å². The second-order valence-electron chi connectivity index (χ2n) is 8.14. The zero-order valence-corrected chi connectivity index (χ0v) is 16.1. The van der Waals surface area contributed by atoms with Gasteiger partial charge in [-0.25, -0.2) is 0 Å². The summed E-state index contributed by atoms with van der Waals surface area (Å²) in [6.45, 7) is 5.18. The predicted molar refractivity (Wildman–Crippen MR) is 105 cm³/mol. The molecule has 0 saturated heterocycles. The fraction of sp³-hybridized carbons (Fsp3) is 0.727. The van der Waals surface area contributed by atoms with Gasteiger partial charge >= 0.3 is 0 Å². The third-order valence-electron chi connectivity index (χ3n) is 5.82. The van der Waals surface area contributed by atoms with Crippen molar-refractivity contribution >= 4 is 0 Å². The maximum atomic E-state index is 10.6. The lowest BCUT2D eigenvalue weighted by molar-refractivity contribution is 0.0941. The predicted octanol–water partition coefficient (Wildman–Crippen LogP) is 4.78. The van der Waals surface area contributed by atoms with E-state index in [9.17, 15) is 5.11 Å². The summed E-state index contributed by atoms with van der Waals surface area (Å²) in [6.07, 6.45) is 8.70. The van der Waals surface area contributed by atoms with Crippen LogP contribution in [0, 0.1) is 17.8 Å². The fourth-order valence-corrected chi connectivity index (χ4v) is 4.08. The molecular formula is C22H37NO2. The topological polar surface area (TPSA) is 55.5 Å². The van der Waals surface area contributed by atoms with E-state index in [1.54, 1.807) is 0 Å². The number of hydrogen-bond donors (Lipinski definition) is 2. The van der Waals surface area contributed by atoms with Gasteiger partial charge in [-0.05, 0) is 62.0 Å². The Morgan fingerprint density at radius 1 is 1.08 bits per heavy atom. The van der Waals surface area contributed by atoms with Crippen molar-refractivity contribution in [2.24, 2.45) is 23.5 Å². The van der Waals surface area contributed by atoms with E-state index >= 15 is 0 Å². The lowest BCUT2D eigenvalue weighted by atomic mass is 9.80. The lowest BCUT2D eigenvalue weighted by Gasteiger charge is -2.30. The highest BCUT2D eigenvalue weighted by Crippen LogP contribution is 2.29. The molecule has 3 nitrogen and oxygen atoms in total. The highest BCUT2D eigenvalue weighted by atomic mass is 16.5. The van der Waals surface area contributed by atoms with Crippen LogP contribution < -0.4 is 10.5 Å². The van der Waals surface area contributed by atoms with Gasteiger partial charge in [0, 0.05) is 6.04 Å². The molecule has 1 fully saturated rings. The van der Waals surface area contributed by atoms with Gasteiger partial charge in [-0.3, -0.25) is 0 Å². The number of hydrogen-bond acceptors (Lipinski definition) is 3. The normalized spacial score (nSPS) is 19.6. The average molecular weight is 348 g/mol. The molecule has 3 unspecified atom stereocenters.